The van der Waals surface area contributed by atoms with Gasteiger partial charge in [0.05, 0.1) is 6.20 Å². The topological polar surface area (TPSA) is 93.8 Å². The van der Waals surface area contributed by atoms with Crippen molar-refractivity contribution in [1.29, 1.82) is 0 Å². The maximum atomic E-state index is 11.9. The number of carbonyl (C=O) groups is 1. The van der Waals surface area contributed by atoms with Crippen LogP contribution in [0.4, 0.5) is 0 Å². The summed E-state index contributed by atoms with van der Waals surface area (Å²) in [6.07, 6.45) is 11.7. The Morgan fingerprint density at radius 3 is 2.77 bits per heavy atom. The molecule has 7 heteroatoms. The molecule has 2 rings (SSSR count). The molecule has 0 radical (unpaired) electrons. The SMILES string of the molecule is CCCCCCCCNC(=O)c1nc(-c2cnccn2)no1. The van der Waals surface area contributed by atoms with Gasteiger partial charge in [-0.3, -0.25) is 9.78 Å². The summed E-state index contributed by atoms with van der Waals surface area (Å²) in [7, 11) is 0. The molecule has 0 unspecified atom stereocenters. The van der Waals surface area contributed by atoms with E-state index in [2.05, 4.69) is 32.3 Å². The van der Waals surface area contributed by atoms with Crippen LogP contribution in [0, 0.1) is 0 Å². The number of carbonyl (C=O) groups excluding carboxylic acids is 1. The Morgan fingerprint density at radius 2 is 2.00 bits per heavy atom. The smallest absolute Gasteiger partial charge is 0.316 e. The van der Waals surface area contributed by atoms with Crippen molar-refractivity contribution in [2.75, 3.05) is 6.54 Å². The second-order valence-electron chi connectivity index (χ2n) is 5.04. The van der Waals surface area contributed by atoms with E-state index in [4.69, 9.17) is 4.52 Å². The zero-order valence-electron chi connectivity index (χ0n) is 12.8. The molecule has 0 aromatic carbocycles. The number of aromatic nitrogens is 4. The lowest BCUT2D eigenvalue weighted by atomic mass is 10.1. The largest absolute Gasteiger partial charge is 0.348 e. The fourth-order valence-corrected chi connectivity index (χ4v) is 2.02. The van der Waals surface area contributed by atoms with E-state index in [1.165, 1.54) is 38.1 Å². The molecular weight excluding hydrogens is 282 g/mol. The van der Waals surface area contributed by atoms with Crippen LogP contribution >= 0.6 is 0 Å². The highest BCUT2D eigenvalue weighted by Crippen LogP contribution is 2.10. The van der Waals surface area contributed by atoms with E-state index in [0.717, 1.165) is 12.8 Å². The van der Waals surface area contributed by atoms with E-state index in [9.17, 15) is 4.79 Å². The molecule has 0 saturated carbocycles. The van der Waals surface area contributed by atoms with Crippen molar-refractivity contribution in [3.8, 4) is 11.5 Å². The van der Waals surface area contributed by atoms with Crippen molar-refractivity contribution < 1.29 is 9.32 Å². The maximum Gasteiger partial charge on any atom is 0.316 e. The van der Waals surface area contributed by atoms with Gasteiger partial charge in [0, 0.05) is 18.9 Å². The minimum Gasteiger partial charge on any atom is -0.348 e. The zero-order valence-corrected chi connectivity index (χ0v) is 12.8. The lowest BCUT2D eigenvalue weighted by molar-refractivity contribution is 0.0909. The minimum atomic E-state index is -0.351. The van der Waals surface area contributed by atoms with E-state index >= 15 is 0 Å². The van der Waals surface area contributed by atoms with E-state index in [-0.39, 0.29) is 17.6 Å². The molecule has 0 bridgehead atoms. The summed E-state index contributed by atoms with van der Waals surface area (Å²) in [6.45, 7) is 2.81. The third-order valence-electron chi connectivity index (χ3n) is 3.23. The highest BCUT2D eigenvalue weighted by Gasteiger charge is 2.16. The first-order valence-corrected chi connectivity index (χ1v) is 7.69. The van der Waals surface area contributed by atoms with Gasteiger partial charge in [-0.05, 0) is 6.42 Å². The summed E-state index contributed by atoms with van der Waals surface area (Å²) in [5, 5.41) is 6.52. The summed E-state index contributed by atoms with van der Waals surface area (Å²) < 4.78 is 4.95. The Bertz CT molecular complexity index is 570. The molecule has 2 aromatic rings. The van der Waals surface area contributed by atoms with Crippen LogP contribution in [0.3, 0.4) is 0 Å². The first kappa shape index (κ1) is 16.1. The Labute approximate surface area is 129 Å². The normalized spacial score (nSPS) is 10.6. The Hall–Kier alpha value is -2.31. The third kappa shape index (κ3) is 4.91. The van der Waals surface area contributed by atoms with E-state index in [1.807, 2.05) is 0 Å². The molecule has 7 nitrogen and oxygen atoms in total. The molecule has 0 atom stereocenters. The molecule has 118 valence electrons. The Morgan fingerprint density at radius 1 is 1.18 bits per heavy atom. The zero-order chi connectivity index (χ0) is 15.6. The second-order valence-corrected chi connectivity index (χ2v) is 5.04. The number of nitrogens with one attached hydrogen (secondary N) is 1. The number of nitrogens with zero attached hydrogens (tertiary/aromatic N) is 4. The van der Waals surface area contributed by atoms with Gasteiger partial charge in [-0.25, -0.2) is 4.98 Å². The molecule has 2 heterocycles. The predicted octanol–water partition coefficient (Wildman–Crippen LogP) is 2.62. The van der Waals surface area contributed by atoms with Crippen LogP contribution in [-0.4, -0.2) is 32.6 Å². The fourth-order valence-electron chi connectivity index (χ4n) is 2.02. The van der Waals surface area contributed by atoms with Gasteiger partial charge < -0.3 is 9.84 Å². The molecule has 1 amide bonds. The van der Waals surface area contributed by atoms with Gasteiger partial charge in [-0.1, -0.05) is 44.2 Å². The summed E-state index contributed by atoms with van der Waals surface area (Å²) in [4.78, 5) is 23.9. The number of hydrogen-bond donors (Lipinski definition) is 1. The summed E-state index contributed by atoms with van der Waals surface area (Å²) in [5.41, 5.74) is 0.473. The molecule has 0 aliphatic rings. The van der Waals surface area contributed by atoms with Crippen LogP contribution < -0.4 is 5.32 Å². The highest BCUT2D eigenvalue weighted by atomic mass is 16.5. The predicted molar refractivity (Wildman–Crippen MR) is 81.0 cm³/mol. The highest BCUT2D eigenvalue weighted by molar-refractivity contribution is 5.89. The number of hydrogen-bond acceptors (Lipinski definition) is 6. The van der Waals surface area contributed by atoms with Gasteiger partial charge in [-0.15, -0.1) is 0 Å². The van der Waals surface area contributed by atoms with Crippen LogP contribution in [0.25, 0.3) is 11.5 Å². The van der Waals surface area contributed by atoms with Crippen LogP contribution in [0.15, 0.2) is 23.1 Å². The molecule has 0 aliphatic heterocycles. The monoisotopic (exact) mass is 303 g/mol. The average molecular weight is 303 g/mol. The van der Waals surface area contributed by atoms with Gasteiger partial charge >= 0.3 is 11.8 Å². The standard InChI is InChI=1S/C15H21N5O2/c1-2-3-4-5-6-7-8-18-14(21)15-19-13(20-22-15)12-11-16-9-10-17-12/h9-11H,2-8H2,1H3,(H,18,21). The minimum absolute atomic E-state index is 0.0494. The van der Waals surface area contributed by atoms with Crippen LogP contribution in [0.1, 0.15) is 56.1 Å². The summed E-state index contributed by atoms with van der Waals surface area (Å²) in [5.74, 6) is -0.138. The molecular formula is C15H21N5O2. The molecule has 1 N–H and O–H groups in total. The fraction of sp³-hybridized carbons (Fsp3) is 0.533. The Balaban J connectivity index is 1.73. The molecule has 0 spiro atoms. The first-order chi connectivity index (χ1) is 10.8. The third-order valence-corrected chi connectivity index (χ3v) is 3.23. The summed E-state index contributed by atoms with van der Waals surface area (Å²) in [6, 6.07) is 0. The average Bonchev–Trinajstić information content (AvgIpc) is 3.05. The van der Waals surface area contributed by atoms with Crippen molar-refractivity contribution >= 4 is 5.91 Å². The van der Waals surface area contributed by atoms with E-state index in [0.29, 0.717) is 12.2 Å². The molecule has 0 fully saturated rings. The van der Waals surface area contributed by atoms with Crippen LogP contribution in [0.2, 0.25) is 0 Å². The van der Waals surface area contributed by atoms with Gasteiger partial charge in [0.25, 0.3) is 0 Å². The lowest BCUT2D eigenvalue weighted by Gasteiger charge is -2.02. The molecule has 0 saturated heterocycles. The molecule has 22 heavy (non-hydrogen) atoms. The first-order valence-electron chi connectivity index (χ1n) is 7.69. The van der Waals surface area contributed by atoms with Gasteiger partial charge in [0.1, 0.15) is 5.69 Å². The van der Waals surface area contributed by atoms with Gasteiger partial charge in [0.15, 0.2) is 0 Å². The van der Waals surface area contributed by atoms with E-state index in [1.54, 1.807) is 6.20 Å². The van der Waals surface area contributed by atoms with Crippen molar-refractivity contribution in [3.63, 3.8) is 0 Å². The van der Waals surface area contributed by atoms with E-state index < -0.39 is 0 Å². The number of unbranched alkanes of at least 4 members (excludes halogenated alkanes) is 5. The van der Waals surface area contributed by atoms with Crippen LogP contribution in [-0.2, 0) is 0 Å². The number of rotatable bonds is 9. The Kier molecular flexibility index (Phi) is 6.47. The summed E-state index contributed by atoms with van der Waals surface area (Å²) >= 11 is 0. The molecule has 2 aromatic heterocycles. The van der Waals surface area contributed by atoms with Crippen molar-refractivity contribution in [1.82, 2.24) is 25.4 Å². The van der Waals surface area contributed by atoms with Gasteiger partial charge in [0.2, 0.25) is 5.82 Å². The van der Waals surface area contributed by atoms with Crippen molar-refractivity contribution in [3.05, 3.63) is 24.5 Å². The number of amides is 1. The van der Waals surface area contributed by atoms with Crippen LogP contribution in [0.5, 0.6) is 0 Å². The quantitative estimate of drug-likeness (QED) is 0.716. The molecule has 0 aliphatic carbocycles. The maximum absolute atomic E-state index is 11.9. The van der Waals surface area contributed by atoms with Gasteiger partial charge in [-0.2, -0.15) is 4.98 Å². The second kappa shape index (κ2) is 8.86. The van der Waals surface area contributed by atoms with Crippen molar-refractivity contribution in [2.24, 2.45) is 0 Å². The lowest BCUT2D eigenvalue weighted by Crippen LogP contribution is -2.24. The van der Waals surface area contributed by atoms with Crippen molar-refractivity contribution in [2.45, 2.75) is 45.4 Å².